The van der Waals surface area contributed by atoms with Gasteiger partial charge in [-0.15, -0.1) is 0 Å². The van der Waals surface area contributed by atoms with E-state index in [0.717, 1.165) is 10.9 Å². The minimum Gasteiger partial charge on any atom is -0.474 e. The molecule has 1 aliphatic rings. The number of hydrogen-bond acceptors (Lipinski definition) is 10. The van der Waals surface area contributed by atoms with Crippen LogP contribution in [0, 0.1) is 4.78 Å². The fraction of sp³-hybridized carbons (Fsp3) is 0.517. The van der Waals surface area contributed by atoms with E-state index in [1.807, 2.05) is 47.6 Å². The predicted octanol–water partition coefficient (Wildman–Crippen LogP) is 5.41. The summed E-state index contributed by atoms with van der Waals surface area (Å²) in [5.41, 5.74) is 7.56. The molecular formula is C29H40N6O4S. The third-order valence-electron chi connectivity index (χ3n) is 8.11. The number of carbonyl (C=O) groups excluding carboxylic acids is 1. The number of nitrogens with two attached hydrogens (primary N) is 1. The van der Waals surface area contributed by atoms with Gasteiger partial charge < -0.3 is 20.5 Å². The average Bonchev–Trinajstić information content (AvgIpc) is 2.87. The SMILES string of the molecule is CC[C@@](C)(N)c1cnc(O[C@H](C)C[C@@H](C)[S@](C)(=N)=O)c2cnc(Nc3ccc4c(n3)C(C)(C)[C@@H](C)OC4=O)cc12. The van der Waals surface area contributed by atoms with Crippen molar-refractivity contribution in [2.75, 3.05) is 11.6 Å². The second kappa shape index (κ2) is 10.6. The van der Waals surface area contributed by atoms with Gasteiger partial charge in [-0.3, -0.25) is 4.78 Å². The smallest absolute Gasteiger partial charge is 0.340 e. The summed E-state index contributed by atoms with van der Waals surface area (Å²) in [7, 11) is -2.69. The molecule has 0 spiro atoms. The van der Waals surface area contributed by atoms with Crippen LogP contribution in [0.15, 0.2) is 30.6 Å². The lowest BCUT2D eigenvalue weighted by atomic mass is 9.79. The fourth-order valence-corrected chi connectivity index (χ4v) is 5.33. The highest BCUT2D eigenvalue weighted by atomic mass is 32.2. The van der Waals surface area contributed by atoms with Crippen molar-refractivity contribution >= 4 is 38.1 Å². The molecule has 40 heavy (non-hydrogen) atoms. The first-order chi connectivity index (χ1) is 18.5. The molecular weight excluding hydrogens is 528 g/mol. The van der Waals surface area contributed by atoms with Crippen LogP contribution in [0.5, 0.6) is 5.88 Å². The molecule has 10 nitrogen and oxygen atoms in total. The maximum Gasteiger partial charge on any atom is 0.340 e. The highest BCUT2D eigenvalue weighted by molar-refractivity contribution is 7.92. The summed E-state index contributed by atoms with van der Waals surface area (Å²) in [5, 5.41) is 4.50. The summed E-state index contributed by atoms with van der Waals surface area (Å²) in [4.78, 5) is 26.4. The molecule has 0 radical (unpaired) electrons. The Hall–Kier alpha value is -3.31. The van der Waals surface area contributed by atoms with Gasteiger partial charge in [-0.1, -0.05) is 20.8 Å². The number of rotatable bonds is 9. The maximum absolute atomic E-state index is 12.4. The second-order valence-electron chi connectivity index (χ2n) is 11.7. The molecule has 3 aromatic rings. The molecule has 0 amide bonds. The van der Waals surface area contributed by atoms with Crippen LogP contribution in [0.1, 0.15) is 82.9 Å². The Bertz CT molecular complexity index is 1550. The van der Waals surface area contributed by atoms with Crippen molar-refractivity contribution < 1.29 is 18.5 Å². The van der Waals surface area contributed by atoms with Gasteiger partial charge in [0, 0.05) is 44.6 Å². The van der Waals surface area contributed by atoms with Crippen LogP contribution < -0.4 is 15.8 Å². The van der Waals surface area contributed by atoms with Crippen molar-refractivity contribution in [3.63, 3.8) is 0 Å². The lowest BCUT2D eigenvalue weighted by molar-refractivity contribution is 0.00864. The number of pyridine rings is 3. The van der Waals surface area contributed by atoms with Crippen molar-refractivity contribution in [3.8, 4) is 5.88 Å². The van der Waals surface area contributed by atoms with Crippen molar-refractivity contribution in [1.29, 1.82) is 4.78 Å². The third-order valence-corrected chi connectivity index (χ3v) is 9.84. The van der Waals surface area contributed by atoms with Crippen molar-refractivity contribution in [2.24, 2.45) is 5.73 Å². The van der Waals surface area contributed by atoms with Crippen LogP contribution >= 0.6 is 0 Å². The number of nitrogens with zero attached hydrogens (tertiary/aromatic N) is 3. The Balaban J connectivity index is 1.72. The Labute approximate surface area is 236 Å². The minimum atomic E-state index is -2.69. The summed E-state index contributed by atoms with van der Waals surface area (Å²) in [6.45, 7) is 13.5. The monoisotopic (exact) mass is 568 g/mol. The van der Waals surface area contributed by atoms with Crippen LogP contribution in [0.25, 0.3) is 10.8 Å². The van der Waals surface area contributed by atoms with E-state index in [1.54, 1.807) is 31.5 Å². The molecule has 0 bridgehead atoms. The summed E-state index contributed by atoms with van der Waals surface area (Å²) >= 11 is 0. The van der Waals surface area contributed by atoms with E-state index in [4.69, 9.17) is 25.0 Å². The number of cyclic esters (lactones) is 1. The quantitative estimate of drug-likeness (QED) is 0.287. The largest absolute Gasteiger partial charge is 0.474 e. The number of nitrogens with one attached hydrogen (secondary N) is 2. The Morgan fingerprint density at radius 3 is 2.58 bits per heavy atom. The highest BCUT2D eigenvalue weighted by Gasteiger charge is 2.41. The Kier molecular flexibility index (Phi) is 7.85. The molecule has 4 rings (SSSR count). The van der Waals surface area contributed by atoms with Gasteiger partial charge in [-0.05, 0) is 69.7 Å². The molecule has 0 saturated carbocycles. The number of anilines is 2. The van der Waals surface area contributed by atoms with Crippen LogP contribution in [-0.2, 0) is 25.4 Å². The summed E-state index contributed by atoms with van der Waals surface area (Å²) < 4.78 is 31.7. The van der Waals surface area contributed by atoms with Crippen LogP contribution in [-0.4, -0.2) is 48.8 Å². The van der Waals surface area contributed by atoms with Gasteiger partial charge in [-0.25, -0.2) is 24.0 Å². The summed E-state index contributed by atoms with van der Waals surface area (Å²) in [5.74, 6) is 1.14. The first-order valence-corrected chi connectivity index (χ1v) is 15.5. The first-order valence-electron chi connectivity index (χ1n) is 13.5. The molecule has 0 aliphatic carbocycles. The lowest BCUT2D eigenvalue weighted by Gasteiger charge is -2.36. The average molecular weight is 569 g/mol. The fourth-order valence-electron chi connectivity index (χ4n) is 4.69. The second-order valence-corrected chi connectivity index (χ2v) is 14.3. The number of carbonyl (C=O) groups is 1. The van der Waals surface area contributed by atoms with E-state index in [2.05, 4.69) is 15.3 Å². The van der Waals surface area contributed by atoms with Crippen molar-refractivity contribution in [3.05, 3.63) is 47.4 Å². The molecule has 5 atom stereocenters. The van der Waals surface area contributed by atoms with E-state index >= 15 is 0 Å². The van der Waals surface area contributed by atoms with Crippen LogP contribution in [0.2, 0.25) is 0 Å². The first kappa shape index (κ1) is 29.7. The van der Waals surface area contributed by atoms with Crippen molar-refractivity contribution in [1.82, 2.24) is 15.0 Å². The van der Waals surface area contributed by atoms with Gasteiger partial charge in [0.2, 0.25) is 5.88 Å². The molecule has 4 heterocycles. The van der Waals surface area contributed by atoms with Gasteiger partial charge >= 0.3 is 5.97 Å². The minimum absolute atomic E-state index is 0.311. The molecule has 216 valence electrons. The summed E-state index contributed by atoms with van der Waals surface area (Å²) in [6.07, 6.45) is 5.40. The predicted molar refractivity (Wildman–Crippen MR) is 158 cm³/mol. The molecule has 11 heteroatoms. The summed E-state index contributed by atoms with van der Waals surface area (Å²) in [6, 6.07) is 5.37. The van der Waals surface area contributed by atoms with E-state index in [1.165, 1.54) is 6.26 Å². The Morgan fingerprint density at radius 2 is 1.93 bits per heavy atom. The number of fused-ring (bicyclic) bond motifs is 2. The topological polar surface area (TPSA) is 153 Å². The normalized spacial score (nSPS) is 20.9. The molecule has 3 aromatic heterocycles. The molecule has 1 aliphatic heterocycles. The zero-order chi connectivity index (χ0) is 29.6. The molecule has 0 aromatic carbocycles. The number of ether oxygens (including phenoxy) is 2. The maximum atomic E-state index is 12.4. The van der Waals surface area contributed by atoms with E-state index in [9.17, 15) is 9.00 Å². The van der Waals surface area contributed by atoms with Gasteiger partial charge in [0.25, 0.3) is 0 Å². The lowest BCUT2D eigenvalue weighted by Crippen LogP contribution is -2.42. The molecule has 4 N–H and O–H groups in total. The molecule has 0 fully saturated rings. The number of esters is 1. The highest BCUT2D eigenvalue weighted by Crippen LogP contribution is 2.37. The zero-order valence-corrected chi connectivity index (χ0v) is 25.3. The van der Waals surface area contributed by atoms with Crippen LogP contribution in [0.4, 0.5) is 11.6 Å². The van der Waals surface area contributed by atoms with Crippen molar-refractivity contribution in [2.45, 2.75) is 89.7 Å². The van der Waals surface area contributed by atoms with E-state index in [0.29, 0.717) is 47.0 Å². The molecule has 0 unspecified atom stereocenters. The van der Waals surface area contributed by atoms with Crippen LogP contribution in [0.3, 0.4) is 0 Å². The van der Waals surface area contributed by atoms with Gasteiger partial charge in [0.1, 0.15) is 17.7 Å². The Morgan fingerprint density at radius 1 is 1.23 bits per heavy atom. The zero-order valence-electron chi connectivity index (χ0n) is 24.5. The van der Waals surface area contributed by atoms with E-state index < -0.39 is 20.7 Å². The van der Waals surface area contributed by atoms with E-state index in [-0.39, 0.29) is 23.4 Å². The third kappa shape index (κ3) is 5.76. The van der Waals surface area contributed by atoms with Gasteiger partial charge in [0.15, 0.2) is 0 Å². The standard InChI is InChI=1S/C29H40N6O4S/c1-9-29(7,30)22-15-33-26(38-16(2)12-17(3)40(8,31)37)21-14-32-24(13-20(21)22)34-23-11-10-19-25(35-23)28(5,6)18(4)39-27(19)36/h10-11,13-18,31H,9,12,30H2,1-8H3,(H,32,34,35)/t16-,17-,18-,29-,40-/m1/s1. The van der Waals surface area contributed by atoms with Gasteiger partial charge in [-0.2, -0.15) is 0 Å². The number of aromatic nitrogens is 3. The number of hydrogen-bond donors (Lipinski definition) is 3. The molecule has 0 saturated heterocycles. The van der Waals surface area contributed by atoms with Gasteiger partial charge in [0.05, 0.1) is 22.7 Å².